The molecule has 0 bridgehead atoms. The van der Waals surface area contributed by atoms with E-state index in [4.69, 9.17) is 0 Å². The molecule has 6 nitrogen and oxygen atoms in total. The predicted molar refractivity (Wildman–Crippen MR) is 77.9 cm³/mol. The number of hydrogen-bond acceptors (Lipinski definition) is 3. The first-order valence-electron chi connectivity index (χ1n) is 7.03. The van der Waals surface area contributed by atoms with Gasteiger partial charge < -0.3 is 9.88 Å². The Bertz CT molecular complexity index is 776. The number of carbonyl (C=O) groups excluding carboxylic acids is 1. The van der Waals surface area contributed by atoms with E-state index in [1.165, 1.54) is 0 Å². The molecule has 21 heavy (non-hydrogen) atoms. The van der Waals surface area contributed by atoms with Crippen LogP contribution in [0.5, 0.6) is 0 Å². The summed E-state index contributed by atoms with van der Waals surface area (Å²) in [5.41, 5.74) is 1.79. The number of aromatic nitrogens is 4. The second-order valence-corrected chi connectivity index (χ2v) is 5.36. The number of fused-ring (bicyclic) bond motifs is 1. The second-order valence-electron chi connectivity index (χ2n) is 5.36. The zero-order valence-corrected chi connectivity index (χ0v) is 11.4. The van der Waals surface area contributed by atoms with Crippen molar-refractivity contribution in [3.8, 4) is 0 Å². The summed E-state index contributed by atoms with van der Waals surface area (Å²) >= 11 is 0. The van der Waals surface area contributed by atoms with Crippen LogP contribution in [0, 0.1) is 0 Å². The van der Waals surface area contributed by atoms with E-state index in [1.807, 2.05) is 46.2 Å². The summed E-state index contributed by atoms with van der Waals surface area (Å²) in [4.78, 5) is 17.6. The van der Waals surface area contributed by atoms with E-state index in [2.05, 4.69) is 15.3 Å². The summed E-state index contributed by atoms with van der Waals surface area (Å²) in [6, 6.07) is 7.98. The third kappa shape index (κ3) is 2.08. The minimum absolute atomic E-state index is 0.0840. The van der Waals surface area contributed by atoms with Crippen molar-refractivity contribution in [2.24, 2.45) is 0 Å². The predicted octanol–water partition coefficient (Wildman–Crippen LogP) is 1.85. The molecule has 3 heterocycles. The highest BCUT2D eigenvalue weighted by molar-refractivity contribution is 5.98. The fourth-order valence-electron chi connectivity index (χ4n) is 2.92. The van der Waals surface area contributed by atoms with Crippen LogP contribution >= 0.6 is 0 Å². The monoisotopic (exact) mass is 281 g/mol. The molecule has 1 aromatic carbocycles. The van der Waals surface area contributed by atoms with E-state index >= 15 is 0 Å². The molecule has 6 heteroatoms. The van der Waals surface area contributed by atoms with Crippen LogP contribution in [0.2, 0.25) is 0 Å². The van der Waals surface area contributed by atoms with Gasteiger partial charge in [0, 0.05) is 41.9 Å². The van der Waals surface area contributed by atoms with Gasteiger partial charge in [0.15, 0.2) is 0 Å². The number of amides is 1. The van der Waals surface area contributed by atoms with Crippen LogP contribution in [0.3, 0.4) is 0 Å². The molecule has 1 N–H and O–H groups in total. The molecule has 1 aliphatic heterocycles. The first kappa shape index (κ1) is 12.1. The zero-order valence-electron chi connectivity index (χ0n) is 11.4. The van der Waals surface area contributed by atoms with Crippen LogP contribution < -0.4 is 0 Å². The quantitative estimate of drug-likeness (QED) is 0.779. The molecule has 4 rings (SSSR count). The molecule has 0 spiro atoms. The molecule has 106 valence electrons. The number of rotatable bonds is 2. The Hall–Kier alpha value is -2.63. The topological polar surface area (TPSA) is 66.8 Å². The Labute approximate surface area is 121 Å². The third-order valence-electron chi connectivity index (χ3n) is 4.07. The summed E-state index contributed by atoms with van der Waals surface area (Å²) in [6.45, 7) is 1.45. The first-order valence-corrected chi connectivity index (χ1v) is 7.03. The van der Waals surface area contributed by atoms with Crippen molar-refractivity contribution in [2.75, 3.05) is 13.1 Å². The van der Waals surface area contributed by atoms with Crippen LogP contribution in [0.1, 0.15) is 22.8 Å². The number of hydrogen-bond donors (Lipinski definition) is 1. The maximum Gasteiger partial charge on any atom is 0.253 e. The molecule has 0 unspecified atom stereocenters. The lowest BCUT2D eigenvalue weighted by atomic mass is 10.1. The molecule has 3 aromatic rings. The molecule has 1 atom stereocenters. The largest absolute Gasteiger partial charge is 0.361 e. The SMILES string of the molecule is O=C(c1ccc2[nH]ccc2c1)N1CC[C@H](n2ccnn2)C1. The number of likely N-dealkylation sites (tertiary alicyclic amines) is 1. The Kier molecular flexibility index (Phi) is 2.73. The van der Waals surface area contributed by atoms with Crippen molar-refractivity contribution >= 4 is 16.8 Å². The van der Waals surface area contributed by atoms with Gasteiger partial charge in [-0.1, -0.05) is 5.21 Å². The molecular formula is C15H15N5O. The van der Waals surface area contributed by atoms with Crippen LogP contribution in [-0.4, -0.2) is 43.9 Å². The summed E-state index contributed by atoms with van der Waals surface area (Å²) < 4.78 is 1.84. The lowest BCUT2D eigenvalue weighted by Gasteiger charge is -2.16. The summed E-state index contributed by atoms with van der Waals surface area (Å²) in [6.07, 6.45) is 6.33. The van der Waals surface area contributed by atoms with Gasteiger partial charge in [-0.05, 0) is 30.7 Å². The van der Waals surface area contributed by atoms with Gasteiger partial charge in [0.1, 0.15) is 0 Å². The number of nitrogens with one attached hydrogen (secondary N) is 1. The lowest BCUT2D eigenvalue weighted by molar-refractivity contribution is 0.0787. The van der Waals surface area contributed by atoms with E-state index in [9.17, 15) is 4.79 Å². The van der Waals surface area contributed by atoms with E-state index in [1.54, 1.807) is 6.20 Å². The van der Waals surface area contributed by atoms with Crippen molar-refractivity contribution in [1.82, 2.24) is 24.9 Å². The fourth-order valence-corrected chi connectivity index (χ4v) is 2.92. The average molecular weight is 281 g/mol. The molecule has 0 aliphatic carbocycles. The van der Waals surface area contributed by atoms with Gasteiger partial charge in [-0.3, -0.25) is 4.79 Å². The van der Waals surface area contributed by atoms with Gasteiger partial charge in [-0.25, -0.2) is 4.68 Å². The Morgan fingerprint density at radius 1 is 1.33 bits per heavy atom. The summed E-state index contributed by atoms with van der Waals surface area (Å²) in [5, 5.41) is 8.92. The van der Waals surface area contributed by atoms with Gasteiger partial charge in [-0.2, -0.15) is 0 Å². The second kappa shape index (κ2) is 4.73. The summed E-state index contributed by atoms with van der Waals surface area (Å²) in [7, 11) is 0. The van der Waals surface area contributed by atoms with Crippen molar-refractivity contribution in [2.45, 2.75) is 12.5 Å². The number of H-pyrrole nitrogens is 1. The molecule has 1 fully saturated rings. The van der Waals surface area contributed by atoms with Crippen molar-refractivity contribution in [3.63, 3.8) is 0 Å². The van der Waals surface area contributed by atoms with Crippen LogP contribution in [0.4, 0.5) is 0 Å². The minimum Gasteiger partial charge on any atom is -0.361 e. The first-order chi connectivity index (χ1) is 10.3. The zero-order chi connectivity index (χ0) is 14.2. The van der Waals surface area contributed by atoms with Crippen LogP contribution in [-0.2, 0) is 0 Å². The van der Waals surface area contributed by atoms with E-state index < -0.39 is 0 Å². The Morgan fingerprint density at radius 2 is 2.29 bits per heavy atom. The van der Waals surface area contributed by atoms with Gasteiger partial charge in [-0.15, -0.1) is 5.10 Å². The standard InChI is InChI=1S/C15H15N5O/c21-15(12-1-2-14-11(9-12)3-5-16-14)19-7-4-13(10-19)20-8-6-17-18-20/h1-3,5-6,8-9,13,16H,4,7,10H2/t13-/m0/s1. The lowest BCUT2D eigenvalue weighted by Crippen LogP contribution is -2.29. The number of benzene rings is 1. The van der Waals surface area contributed by atoms with Gasteiger partial charge in [0.2, 0.25) is 0 Å². The van der Waals surface area contributed by atoms with Crippen molar-refractivity contribution < 1.29 is 4.79 Å². The van der Waals surface area contributed by atoms with E-state index in [0.717, 1.165) is 29.4 Å². The van der Waals surface area contributed by atoms with Crippen molar-refractivity contribution in [1.29, 1.82) is 0 Å². The Morgan fingerprint density at radius 3 is 3.14 bits per heavy atom. The van der Waals surface area contributed by atoms with E-state index in [-0.39, 0.29) is 11.9 Å². The normalized spacial score (nSPS) is 18.5. The molecular weight excluding hydrogens is 266 g/mol. The van der Waals surface area contributed by atoms with Crippen molar-refractivity contribution in [3.05, 3.63) is 48.4 Å². The molecule has 1 aliphatic rings. The highest BCUT2D eigenvalue weighted by Crippen LogP contribution is 2.23. The Balaban J connectivity index is 1.55. The smallest absolute Gasteiger partial charge is 0.253 e. The number of aromatic amines is 1. The molecule has 2 aromatic heterocycles. The number of carbonyl (C=O) groups is 1. The third-order valence-corrected chi connectivity index (χ3v) is 4.07. The van der Waals surface area contributed by atoms with Gasteiger partial charge >= 0.3 is 0 Å². The molecule has 0 saturated carbocycles. The molecule has 1 amide bonds. The van der Waals surface area contributed by atoms with Gasteiger partial charge in [0.25, 0.3) is 5.91 Å². The molecule has 0 radical (unpaired) electrons. The molecule has 1 saturated heterocycles. The highest BCUT2D eigenvalue weighted by atomic mass is 16.2. The van der Waals surface area contributed by atoms with Crippen LogP contribution in [0.15, 0.2) is 42.9 Å². The van der Waals surface area contributed by atoms with Crippen LogP contribution in [0.25, 0.3) is 10.9 Å². The average Bonchev–Trinajstić information content (AvgIpc) is 3.24. The highest BCUT2D eigenvalue weighted by Gasteiger charge is 2.28. The maximum absolute atomic E-state index is 12.6. The van der Waals surface area contributed by atoms with E-state index in [0.29, 0.717) is 6.54 Å². The number of nitrogens with zero attached hydrogens (tertiary/aromatic N) is 4. The fraction of sp³-hybridized carbons (Fsp3) is 0.267. The minimum atomic E-state index is 0.0840. The van der Waals surface area contributed by atoms with Gasteiger partial charge in [0.05, 0.1) is 12.2 Å². The maximum atomic E-state index is 12.6. The summed E-state index contributed by atoms with van der Waals surface area (Å²) in [5.74, 6) is 0.0840.